The largest absolute Gasteiger partial charge is 0.379 e. The van der Waals surface area contributed by atoms with Gasteiger partial charge in [0.25, 0.3) is 0 Å². The number of nitrogens with zero attached hydrogens (tertiary/aromatic N) is 4. The number of anilines is 1. The maximum absolute atomic E-state index is 12.6. The molecule has 10 nitrogen and oxygen atoms in total. The highest BCUT2D eigenvalue weighted by Gasteiger charge is 2.20. The Hall–Kier alpha value is -4.05. The molecule has 0 radical (unpaired) electrons. The van der Waals surface area contributed by atoms with Crippen LogP contribution in [-0.4, -0.2) is 37.3 Å². The number of carbonyl (C=O) groups is 2. The Morgan fingerprint density at radius 2 is 1.82 bits per heavy atom. The number of hydroxylamine groups is 1. The number of Topliss-reactive ketones (excluding diaryl/α,β-unsaturated/α-hetero) is 1. The van der Waals surface area contributed by atoms with Gasteiger partial charge in [0.2, 0.25) is 6.41 Å². The Morgan fingerprint density at radius 3 is 2.46 bits per heavy atom. The predicted octanol–water partition coefficient (Wildman–Crippen LogP) is 1.67. The third kappa shape index (κ3) is 3.86. The molecule has 1 amide bonds. The summed E-state index contributed by atoms with van der Waals surface area (Å²) in [6, 6.07) is 16.6. The van der Waals surface area contributed by atoms with Crippen molar-refractivity contribution in [3.8, 4) is 11.5 Å². The van der Waals surface area contributed by atoms with Gasteiger partial charge in [-0.2, -0.15) is 0 Å². The van der Waals surface area contributed by atoms with Crippen molar-refractivity contribution in [3.05, 3.63) is 60.2 Å². The van der Waals surface area contributed by atoms with E-state index in [4.69, 9.17) is 15.7 Å². The van der Waals surface area contributed by atoms with E-state index >= 15 is 0 Å². The summed E-state index contributed by atoms with van der Waals surface area (Å²) in [7, 11) is 0. The fourth-order valence-corrected chi connectivity index (χ4v) is 2.63. The topological polar surface area (TPSA) is 149 Å². The quantitative estimate of drug-likeness (QED) is 0.205. The van der Waals surface area contributed by atoms with Crippen LogP contribution in [0.25, 0.3) is 22.6 Å². The van der Waals surface area contributed by atoms with Crippen molar-refractivity contribution >= 4 is 29.0 Å². The van der Waals surface area contributed by atoms with E-state index < -0.39 is 0 Å². The van der Waals surface area contributed by atoms with Gasteiger partial charge in [-0.05, 0) is 22.4 Å². The minimum Gasteiger partial charge on any atom is -0.379 e. The fraction of sp³-hybridized carbons (Fsp3) is 0.0556. The summed E-state index contributed by atoms with van der Waals surface area (Å²) in [5, 5.41) is 14.7. The molecule has 0 bridgehead atoms. The standard InChI is InChI=1S/C17H13N5O2.CH3NO2/c18-16-15(20-24-21-16)17-19-12-8-4-5-9-13(12)22(17)10-14(23)11-6-2-1-3-7-11;3-1-2-4/h1-9H,10H2,(H2,18,21);1,4H,(H,2,3). The van der Waals surface area contributed by atoms with E-state index in [0.29, 0.717) is 17.1 Å². The van der Waals surface area contributed by atoms with E-state index in [2.05, 4.69) is 19.9 Å². The van der Waals surface area contributed by atoms with Crippen LogP contribution in [0, 0.1) is 0 Å². The summed E-state index contributed by atoms with van der Waals surface area (Å²) in [5.41, 5.74) is 9.57. The second-order valence-electron chi connectivity index (χ2n) is 5.54. The zero-order valence-corrected chi connectivity index (χ0v) is 14.5. The van der Waals surface area contributed by atoms with Crippen LogP contribution in [0.5, 0.6) is 0 Å². The smallest absolute Gasteiger partial charge is 0.230 e. The number of hydrogen-bond donors (Lipinski definition) is 3. The summed E-state index contributed by atoms with van der Waals surface area (Å²) < 4.78 is 6.46. The first-order chi connectivity index (χ1) is 13.7. The fourth-order valence-electron chi connectivity index (χ4n) is 2.63. The number of ketones is 1. The highest BCUT2D eigenvalue weighted by atomic mass is 16.6. The molecule has 0 fully saturated rings. The summed E-state index contributed by atoms with van der Waals surface area (Å²) in [4.78, 5) is 26.0. The van der Waals surface area contributed by atoms with Crippen LogP contribution in [0.2, 0.25) is 0 Å². The highest BCUT2D eigenvalue weighted by Crippen LogP contribution is 2.26. The van der Waals surface area contributed by atoms with Gasteiger partial charge in [-0.15, -0.1) is 0 Å². The highest BCUT2D eigenvalue weighted by molar-refractivity contribution is 5.97. The zero-order valence-electron chi connectivity index (χ0n) is 14.5. The van der Waals surface area contributed by atoms with Crippen molar-refractivity contribution in [2.24, 2.45) is 0 Å². The van der Waals surface area contributed by atoms with E-state index in [0.717, 1.165) is 11.0 Å². The molecule has 0 aliphatic heterocycles. The molecule has 0 saturated carbocycles. The molecule has 0 aliphatic rings. The molecule has 28 heavy (non-hydrogen) atoms. The van der Waals surface area contributed by atoms with Gasteiger partial charge in [0.05, 0.1) is 17.6 Å². The molecule has 142 valence electrons. The lowest BCUT2D eigenvalue weighted by Gasteiger charge is -2.07. The van der Waals surface area contributed by atoms with Crippen LogP contribution < -0.4 is 11.2 Å². The van der Waals surface area contributed by atoms with Crippen LogP contribution in [-0.2, 0) is 11.3 Å². The number of nitrogens with one attached hydrogen (secondary N) is 1. The van der Waals surface area contributed by atoms with Gasteiger partial charge in [0.1, 0.15) is 0 Å². The molecule has 2 aromatic heterocycles. The summed E-state index contributed by atoms with van der Waals surface area (Å²) >= 11 is 0. The molecule has 0 unspecified atom stereocenters. The number of amides is 1. The Bertz CT molecular complexity index is 1090. The number of nitrogen functional groups attached to an aromatic ring is 1. The van der Waals surface area contributed by atoms with Crippen molar-refractivity contribution < 1.29 is 19.4 Å². The summed E-state index contributed by atoms with van der Waals surface area (Å²) in [6.07, 6.45) is 0.181. The molecular weight excluding hydrogens is 364 g/mol. The molecule has 0 saturated heterocycles. The molecule has 0 atom stereocenters. The Balaban J connectivity index is 0.000000516. The van der Waals surface area contributed by atoms with Crippen LogP contribution >= 0.6 is 0 Å². The van der Waals surface area contributed by atoms with Gasteiger partial charge in [-0.3, -0.25) is 14.8 Å². The Morgan fingerprint density at radius 1 is 1.14 bits per heavy atom. The van der Waals surface area contributed by atoms with Crippen molar-refractivity contribution in [1.29, 1.82) is 0 Å². The zero-order chi connectivity index (χ0) is 19.9. The van der Waals surface area contributed by atoms with Crippen LogP contribution in [0.3, 0.4) is 0 Å². The van der Waals surface area contributed by atoms with Crippen LogP contribution in [0.1, 0.15) is 10.4 Å². The molecule has 2 heterocycles. The maximum atomic E-state index is 12.6. The maximum Gasteiger partial charge on any atom is 0.230 e. The molecular formula is C18H16N6O4. The second-order valence-corrected chi connectivity index (χ2v) is 5.54. The van der Waals surface area contributed by atoms with Gasteiger partial charge in [0.15, 0.2) is 23.1 Å². The third-order valence-electron chi connectivity index (χ3n) is 3.83. The molecule has 4 N–H and O–H groups in total. The second kappa shape index (κ2) is 8.56. The lowest BCUT2D eigenvalue weighted by molar-refractivity contribution is -0.116. The molecule has 2 aromatic carbocycles. The van der Waals surface area contributed by atoms with Gasteiger partial charge in [0, 0.05) is 5.56 Å². The van der Waals surface area contributed by atoms with Crippen molar-refractivity contribution in [1.82, 2.24) is 25.3 Å². The van der Waals surface area contributed by atoms with Crippen LogP contribution in [0.15, 0.2) is 59.2 Å². The number of hydrogen-bond acceptors (Lipinski definition) is 8. The van der Waals surface area contributed by atoms with Gasteiger partial charge >= 0.3 is 0 Å². The minimum absolute atomic E-state index is 0.0324. The minimum atomic E-state index is -0.0324. The van der Waals surface area contributed by atoms with Crippen LogP contribution in [0.4, 0.5) is 5.82 Å². The number of rotatable bonds is 5. The van der Waals surface area contributed by atoms with E-state index in [1.54, 1.807) is 16.7 Å². The van der Waals surface area contributed by atoms with Crippen molar-refractivity contribution in [2.75, 3.05) is 5.73 Å². The summed E-state index contributed by atoms with van der Waals surface area (Å²) in [5.74, 6) is 0.563. The first-order valence-electron chi connectivity index (χ1n) is 8.11. The van der Waals surface area contributed by atoms with Gasteiger partial charge < -0.3 is 10.3 Å². The number of nitrogens with two attached hydrogens (primary N) is 1. The average Bonchev–Trinajstić information content (AvgIpc) is 3.32. The first-order valence-corrected chi connectivity index (χ1v) is 8.11. The van der Waals surface area contributed by atoms with Gasteiger partial charge in [-0.1, -0.05) is 42.5 Å². The number of benzene rings is 2. The van der Waals surface area contributed by atoms with E-state index in [1.807, 2.05) is 42.5 Å². The Kier molecular flexibility index (Phi) is 5.72. The molecule has 4 aromatic rings. The molecule has 4 rings (SSSR count). The van der Waals surface area contributed by atoms with Gasteiger partial charge in [-0.25, -0.2) is 15.1 Å². The van der Waals surface area contributed by atoms with E-state index in [9.17, 15) is 4.79 Å². The van der Waals surface area contributed by atoms with Crippen molar-refractivity contribution in [2.45, 2.75) is 6.54 Å². The normalized spacial score (nSPS) is 10.2. The van der Waals surface area contributed by atoms with E-state index in [1.165, 1.54) is 5.48 Å². The lowest BCUT2D eigenvalue weighted by atomic mass is 10.1. The number of imidazole rings is 1. The average molecular weight is 380 g/mol. The molecule has 0 aliphatic carbocycles. The molecule has 10 heteroatoms. The monoisotopic (exact) mass is 380 g/mol. The third-order valence-corrected chi connectivity index (χ3v) is 3.83. The van der Waals surface area contributed by atoms with E-state index in [-0.39, 0.29) is 24.6 Å². The SMILES string of the molecule is Nc1nonc1-c1nc2ccccc2n1CC(=O)c1ccccc1.O=CNO. The molecule has 0 spiro atoms. The Labute approximate surface area is 158 Å². The number of fused-ring (bicyclic) bond motifs is 1. The predicted molar refractivity (Wildman–Crippen MR) is 99.2 cm³/mol. The first kappa shape index (κ1) is 18.7. The number of aromatic nitrogens is 4. The lowest BCUT2D eigenvalue weighted by Crippen LogP contribution is -2.12. The number of carbonyl (C=O) groups excluding carboxylic acids is 2. The number of para-hydroxylation sites is 2. The van der Waals surface area contributed by atoms with Crippen molar-refractivity contribution in [3.63, 3.8) is 0 Å². The summed E-state index contributed by atoms with van der Waals surface area (Å²) in [6.45, 7) is 0.117.